The van der Waals surface area contributed by atoms with Crippen LogP contribution in [0.4, 0.5) is 5.82 Å². The molecule has 0 aliphatic rings. The molecule has 7 heteroatoms. The van der Waals surface area contributed by atoms with Crippen LogP contribution in [0.3, 0.4) is 0 Å². The van der Waals surface area contributed by atoms with Gasteiger partial charge in [0.2, 0.25) is 0 Å². The molecule has 0 saturated carbocycles. The summed E-state index contributed by atoms with van der Waals surface area (Å²) in [5.41, 5.74) is 1.68. The van der Waals surface area contributed by atoms with Crippen LogP contribution in [-0.4, -0.2) is 20.5 Å². The molecule has 0 aliphatic heterocycles. The van der Waals surface area contributed by atoms with Gasteiger partial charge in [-0.1, -0.05) is 15.9 Å². The second-order valence-electron chi connectivity index (χ2n) is 4.57. The van der Waals surface area contributed by atoms with Crippen molar-refractivity contribution >= 4 is 31.8 Å². The van der Waals surface area contributed by atoms with Crippen LogP contribution in [-0.2, 0) is 10.0 Å². The topological polar surface area (TPSA) is 68.3 Å². The van der Waals surface area contributed by atoms with E-state index in [1.807, 2.05) is 19.9 Å². The van der Waals surface area contributed by atoms with E-state index >= 15 is 0 Å². The Hall–Kier alpha value is -1.60. The van der Waals surface area contributed by atoms with Crippen molar-refractivity contribution in [1.82, 2.24) is 4.98 Å². The minimum atomic E-state index is -3.78. The summed E-state index contributed by atoms with van der Waals surface area (Å²) in [5, 5.41) is 0. The number of benzene rings is 1. The molecule has 1 heterocycles. The number of hydrogen-bond donors (Lipinski definition) is 1. The Labute approximate surface area is 132 Å². The van der Waals surface area contributed by atoms with Crippen molar-refractivity contribution in [2.75, 3.05) is 11.8 Å². The summed E-state index contributed by atoms with van der Waals surface area (Å²) >= 11 is 3.26. The third kappa shape index (κ3) is 3.74. The number of sulfonamides is 1. The third-order valence-electron chi connectivity index (χ3n) is 2.75. The highest BCUT2D eigenvalue weighted by atomic mass is 79.9. The molecule has 0 spiro atoms. The van der Waals surface area contributed by atoms with Crippen molar-refractivity contribution in [3.05, 3.63) is 46.1 Å². The maximum Gasteiger partial charge on any atom is 0.266 e. The van der Waals surface area contributed by atoms with E-state index in [0.29, 0.717) is 4.47 Å². The monoisotopic (exact) mass is 370 g/mol. The van der Waals surface area contributed by atoms with Gasteiger partial charge in [-0.2, -0.15) is 0 Å². The molecule has 0 atom stereocenters. The predicted octanol–water partition coefficient (Wildman–Crippen LogP) is 3.27. The first kappa shape index (κ1) is 15.8. The Bertz CT molecular complexity index is 756. The molecule has 2 aromatic rings. The van der Waals surface area contributed by atoms with E-state index in [0.717, 1.165) is 11.3 Å². The highest BCUT2D eigenvalue weighted by Crippen LogP contribution is 2.28. The quantitative estimate of drug-likeness (QED) is 0.896. The van der Waals surface area contributed by atoms with Gasteiger partial charge in [0.15, 0.2) is 0 Å². The smallest absolute Gasteiger partial charge is 0.266 e. The lowest BCUT2D eigenvalue weighted by atomic mass is 10.2. The summed E-state index contributed by atoms with van der Waals surface area (Å²) in [6, 6.07) is 8.34. The van der Waals surface area contributed by atoms with E-state index < -0.39 is 10.0 Å². The zero-order chi connectivity index (χ0) is 15.6. The number of ether oxygens (including phenoxy) is 1. The molecular formula is C14H15BrN2O3S. The SMILES string of the molecule is COc1ccc(Br)cc1S(=O)(=O)Nc1cc(C)cc(C)n1. The molecule has 112 valence electrons. The molecule has 0 unspecified atom stereocenters. The van der Waals surface area contributed by atoms with Crippen LogP contribution in [0.25, 0.3) is 0 Å². The number of methoxy groups -OCH3 is 1. The predicted molar refractivity (Wildman–Crippen MR) is 85.2 cm³/mol. The van der Waals surface area contributed by atoms with Gasteiger partial charge in [0.05, 0.1) is 7.11 Å². The Balaban J connectivity index is 2.45. The largest absolute Gasteiger partial charge is 0.495 e. The molecule has 0 amide bonds. The third-order valence-corrected chi connectivity index (χ3v) is 4.62. The molecular weight excluding hydrogens is 356 g/mol. The summed E-state index contributed by atoms with van der Waals surface area (Å²) in [5.74, 6) is 0.560. The molecule has 1 aromatic carbocycles. The van der Waals surface area contributed by atoms with E-state index in [1.54, 1.807) is 18.2 Å². The van der Waals surface area contributed by atoms with Gasteiger partial charge < -0.3 is 4.74 Å². The number of pyridine rings is 1. The van der Waals surface area contributed by atoms with Crippen molar-refractivity contribution in [2.45, 2.75) is 18.7 Å². The lowest BCUT2D eigenvalue weighted by molar-refractivity contribution is 0.403. The van der Waals surface area contributed by atoms with E-state index in [4.69, 9.17) is 4.74 Å². The minimum absolute atomic E-state index is 0.0559. The Morgan fingerprint density at radius 3 is 2.52 bits per heavy atom. The van der Waals surface area contributed by atoms with Crippen molar-refractivity contribution < 1.29 is 13.2 Å². The molecule has 0 aliphatic carbocycles. The fourth-order valence-corrected chi connectivity index (χ4v) is 3.65. The standard InChI is InChI=1S/C14H15BrN2O3S/c1-9-6-10(2)16-14(7-9)17-21(18,19)13-8-11(15)4-5-12(13)20-3/h4-8H,1-3H3,(H,16,17). The summed E-state index contributed by atoms with van der Waals surface area (Å²) in [4.78, 5) is 4.24. The number of aryl methyl sites for hydroxylation is 2. The molecule has 1 N–H and O–H groups in total. The number of aromatic nitrogens is 1. The molecule has 5 nitrogen and oxygen atoms in total. The number of halogens is 1. The van der Waals surface area contributed by atoms with Gasteiger partial charge in [-0.15, -0.1) is 0 Å². The van der Waals surface area contributed by atoms with Crippen LogP contribution < -0.4 is 9.46 Å². The van der Waals surface area contributed by atoms with Crippen LogP contribution in [0.1, 0.15) is 11.3 Å². The van der Waals surface area contributed by atoms with Crippen molar-refractivity contribution in [2.24, 2.45) is 0 Å². The summed E-state index contributed by atoms with van der Waals surface area (Å²) < 4.78 is 33.2. The molecule has 0 saturated heterocycles. The average molecular weight is 371 g/mol. The normalized spacial score (nSPS) is 11.2. The summed E-state index contributed by atoms with van der Waals surface area (Å²) in [6.45, 7) is 3.69. The number of rotatable bonds is 4. The molecule has 0 bridgehead atoms. The van der Waals surface area contributed by atoms with Crippen LogP contribution in [0.5, 0.6) is 5.75 Å². The lowest BCUT2D eigenvalue weighted by Gasteiger charge is -2.12. The van der Waals surface area contributed by atoms with Gasteiger partial charge in [-0.05, 0) is 49.7 Å². The summed E-state index contributed by atoms with van der Waals surface area (Å²) in [7, 11) is -2.35. The van der Waals surface area contributed by atoms with E-state index in [2.05, 4.69) is 25.6 Å². The fraction of sp³-hybridized carbons (Fsp3) is 0.214. The van der Waals surface area contributed by atoms with Crippen molar-refractivity contribution in [1.29, 1.82) is 0 Å². The molecule has 21 heavy (non-hydrogen) atoms. The van der Waals surface area contributed by atoms with Gasteiger partial charge in [0.25, 0.3) is 10.0 Å². The zero-order valence-corrected chi connectivity index (χ0v) is 14.2. The van der Waals surface area contributed by atoms with Crippen LogP contribution in [0.2, 0.25) is 0 Å². The average Bonchev–Trinajstić information content (AvgIpc) is 2.36. The molecule has 2 rings (SSSR count). The second-order valence-corrected chi connectivity index (χ2v) is 7.14. The summed E-state index contributed by atoms with van der Waals surface area (Å²) in [6.07, 6.45) is 0. The maximum absolute atomic E-state index is 12.5. The van der Waals surface area contributed by atoms with Crippen LogP contribution >= 0.6 is 15.9 Å². The Morgan fingerprint density at radius 2 is 1.90 bits per heavy atom. The van der Waals surface area contributed by atoms with Gasteiger partial charge in [-0.25, -0.2) is 13.4 Å². The Kier molecular flexibility index (Phi) is 4.53. The first-order valence-corrected chi connectivity index (χ1v) is 8.41. The van der Waals surface area contributed by atoms with Gasteiger partial charge in [-0.3, -0.25) is 4.72 Å². The number of anilines is 1. The number of nitrogens with one attached hydrogen (secondary N) is 1. The number of nitrogens with zero attached hydrogens (tertiary/aromatic N) is 1. The maximum atomic E-state index is 12.5. The molecule has 1 aromatic heterocycles. The lowest BCUT2D eigenvalue weighted by Crippen LogP contribution is -2.15. The van der Waals surface area contributed by atoms with Crippen LogP contribution in [0, 0.1) is 13.8 Å². The first-order chi connectivity index (χ1) is 9.81. The zero-order valence-electron chi connectivity index (χ0n) is 11.8. The first-order valence-electron chi connectivity index (χ1n) is 6.13. The van der Waals surface area contributed by atoms with Crippen LogP contribution in [0.15, 0.2) is 39.7 Å². The van der Waals surface area contributed by atoms with E-state index in [9.17, 15) is 8.42 Å². The van der Waals surface area contributed by atoms with Gasteiger partial charge in [0, 0.05) is 10.2 Å². The van der Waals surface area contributed by atoms with E-state index in [1.165, 1.54) is 13.2 Å². The second kappa shape index (κ2) is 6.03. The van der Waals surface area contributed by atoms with Gasteiger partial charge >= 0.3 is 0 Å². The Morgan fingerprint density at radius 1 is 1.19 bits per heavy atom. The highest BCUT2D eigenvalue weighted by Gasteiger charge is 2.20. The fourth-order valence-electron chi connectivity index (χ4n) is 1.95. The van der Waals surface area contributed by atoms with Crippen molar-refractivity contribution in [3.63, 3.8) is 0 Å². The van der Waals surface area contributed by atoms with E-state index in [-0.39, 0.29) is 16.5 Å². The number of hydrogen-bond acceptors (Lipinski definition) is 4. The minimum Gasteiger partial charge on any atom is -0.495 e. The molecule has 0 radical (unpaired) electrons. The molecule has 0 fully saturated rings. The highest BCUT2D eigenvalue weighted by molar-refractivity contribution is 9.10. The van der Waals surface area contributed by atoms with Gasteiger partial charge in [0.1, 0.15) is 16.5 Å². The van der Waals surface area contributed by atoms with Crippen molar-refractivity contribution in [3.8, 4) is 5.75 Å².